The van der Waals surface area contributed by atoms with E-state index in [-0.39, 0.29) is 41.3 Å². The topological polar surface area (TPSA) is 335 Å². The number of aliphatic hydroxyl groups excluding tert-OH is 12. The van der Waals surface area contributed by atoms with Crippen LogP contribution in [0.1, 0.15) is 99.3 Å². The van der Waals surface area contributed by atoms with Gasteiger partial charge in [-0.3, -0.25) is 0 Å². The average Bonchev–Trinajstić information content (AvgIpc) is 3.83. The van der Waals surface area contributed by atoms with Crippen molar-refractivity contribution in [2.24, 2.45) is 46.3 Å². The Morgan fingerprint density at radius 3 is 1.85 bits per heavy atom. The molecule has 0 bridgehead atoms. The number of ether oxygens (including phenoxy) is 10. The number of allylic oxidation sites excluding steroid dienone is 1. The molecule has 0 aromatic heterocycles. The van der Waals surface area contributed by atoms with Crippen molar-refractivity contribution in [1.29, 1.82) is 0 Å². The van der Waals surface area contributed by atoms with Gasteiger partial charge < -0.3 is 109 Å². The molecule has 9 aliphatic rings. The molecule has 74 heavy (non-hydrogen) atoms. The van der Waals surface area contributed by atoms with Gasteiger partial charge >= 0.3 is 0 Å². The van der Waals surface area contributed by atoms with Gasteiger partial charge in [-0.05, 0) is 106 Å². The van der Waals surface area contributed by atoms with E-state index in [2.05, 4.69) is 26.8 Å². The van der Waals surface area contributed by atoms with Gasteiger partial charge in [0, 0.05) is 19.4 Å². The first-order chi connectivity index (χ1) is 35.0. The number of rotatable bonds is 15. The predicted molar refractivity (Wildman–Crippen MR) is 254 cm³/mol. The maximum Gasteiger partial charge on any atom is 0.187 e. The van der Waals surface area contributed by atoms with Crippen LogP contribution in [0.5, 0.6) is 0 Å². The standard InChI is InChI=1S/C52H86O22/c1-21(20-66-46-39(61)38(60)35(57)31(18-53)70-46)8-11-30-22(2)45-51(6)15-13-28-27(29(51)17-52(45,65-7)74-30)10-9-25-16-26(12-14-50(25,28)5)69-49-44(73-48-41(63)37(59)34(56)24(4)68-48)42(64)43(32(19-54)71-49)72-47-40(62)36(58)33(55)23(3)67-47/h9,21-24,26-49,53-64H,8,10-20H2,1-7H3/t21-,22-,23+,24+,26+,27-,28+,29+,30+,31-,32-,33+,34+,35-,36-,37-,38+,39-,40-,41-,42+,43-,44-,45-,46-,47+,48+,49-,50+,51+,52+/m1/s1. The highest BCUT2D eigenvalue weighted by molar-refractivity contribution is 5.27. The second-order valence-electron chi connectivity index (χ2n) is 24.0. The maximum absolute atomic E-state index is 12.1. The lowest BCUT2D eigenvalue weighted by Gasteiger charge is -2.58. The van der Waals surface area contributed by atoms with Crippen LogP contribution in [-0.4, -0.2) is 229 Å². The molecule has 5 saturated heterocycles. The van der Waals surface area contributed by atoms with Crippen molar-refractivity contribution in [2.45, 2.75) is 240 Å². The Hall–Kier alpha value is -1.14. The van der Waals surface area contributed by atoms with Crippen LogP contribution in [0.2, 0.25) is 0 Å². The first-order valence-electron chi connectivity index (χ1n) is 27.2. The monoisotopic (exact) mass is 1060 g/mol. The van der Waals surface area contributed by atoms with Crippen LogP contribution in [0.25, 0.3) is 0 Å². The summed E-state index contributed by atoms with van der Waals surface area (Å²) in [5, 5.41) is 127. The Morgan fingerprint density at radius 1 is 0.635 bits per heavy atom. The fraction of sp³-hybridized carbons (Fsp3) is 0.962. The molecule has 426 valence electrons. The molecule has 12 N–H and O–H groups in total. The van der Waals surface area contributed by atoms with E-state index in [0.717, 1.165) is 44.9 Å². The van der Waals surface area contributed by atoms with Crippen LogP contribution in [0.15, 0.2) is 11.6 Å². The van der Waals surface area contributed by atoms with E-state index >= 15 is 0 Å². The van der Waals surface area contributed by atoms with Gasteiger partial charge in [0.15, 0.2) is 30.9 Å². The molecule has 31 atom stereocenters. The summed E-state index contributed by atoms with van der Waals surface area (Å²) in [7, 11) is 1.77. The molecule has 0 aromatic rings. The zero-order valence-electron chi connectivity index (χ0n) is 43.7. The second-order valence-corrected chi connectivity index (χ2v) is 24.0. The minimum Gasteiger partial charge on any atom is -0.394 e. The van der Waals surface area contributed by atoms with E-state index < -0.39 is 148 Å². The van der Waals surface area contributed by atoms with Gasteiger partial charge in [0.1, 0.15) is 85.5 Å². The Labute approximate surface area is 432 Å². The summed E-state index contributed by atoms with van der Waals surface area (Å²) in [6, 6.07) is 0. The van der Waals surface area contributed by atoms with Crippen molar-refractivity contribution in [1.82, 2.24) is 0 Å². The van der Waals surface area contributed by atoms with Crippen LogP contribution in [0.3, 0.4) is 0 Å². The van der Waals surface area contributed by atoms with Crippen molar-refractivity contribution in [3.8, 4) is 0 Å². The minimum atomic E-state index is -1.75. The van der Waals surface area contributed by atoms with Crippen molar-refractivity contribution < 1.29 is 109 Å². The fourth-order valence-corrected chi connectivity index (χ4v) is 15.3. The molecule has 0 aromatic carbocycles. The van der Waals surface area contributed by atoms with Gasteiger partial charge in [0.25, 0.3) is 0 Å². The van der Waals surface area contributed by atoms with Crippen molar-refractivity contribution >= 4 is 0 Å². The molecule has 4 aliphatic carbocycles. The number of aliphatic hydroxyl groups is 12. The van der Waals surface area contributed by atoms with E-state index in [1.165, 1.54) is 19.4 Å². The zero-order chi connectivity index (χ0) is 53.5. The summed E-state index contributed by atoms with van der Waals surface area (Å²) in [5.74, 6) is 0.832. The minimum absolute atomic E-state index is 0.0355. The summed E-state index contributed by atoms with van der Waals surface area (Å²) in [4.78, 5) is 0. The first-order valence-corrected chi connectivity index (χ1v) is 27.2. The third kappa shape index (κ3) is 10.1. The fourth-order valence-electron chi connectivity index (χ4n) is 15.3. The molecule has 0 spiro atoms. The van der Waals surface area contributed by atoms with E-state index in [4.69, 9.17) is 47.4 Å². The van der Waals surface area contributed by atoms with E-state index in [9.17, 15) is 61.3 Å². The van der Waals surface area contributed by atoms with Gasteiger partial charge in [0.05, 0.1) is 44.2 Å². The SMILES string of the molecule is CO[C@]12C[C@H]3[C@@H]4CC=C5C[C@@H](O[C@@H]6O[C@H](CO)[C@@H](O[C@@H]7O[C@@H](C)[C@H](O)[C@@H](O)[C@H]7O)[C@H](O)[C@H]6O[C@@H]6O[C@@H](C)[C@H](O)[C@@H](O)[C@H]6O)CC[C@]5(C)[C@H]4CC[C@]3(C)[C@H]1[C@H](C)[C@H](CC[C@@H](C)CO[C@@H]1O[C@H](CO)[C@@H](O)[C@H](O)[C@H]1O)O2. The Balaban J connectivity index is 0.858. The average molecular weight is 1060 g/mol. The van der Waals surface area contributed by atoms with Gasteiger partial charge in [-0.15, -0.1) is 0 Å². The largest absolute Gasteiger partial charge is 0.394 e. The summed E-state index contributed by atoms with van der Waals surface area (Å²) in [5.41, 5.74) is 1.10. The van der Waals surface area contributed by atoms with Crippen molar-refractivity contribution in [3.05, 3.63) is 11.6 Å². The normalized spacial score (nSPS) is 54.9. The highest BCUT2D eigenvalue weighted by Crippen LogP contribution is 2.72. The summed E-state index contributed by atoms with van der Waals surface area (Å²) in [6.07, 6.45) is -19.5. The molecule has 0 unspecified atom stereocenters. The maximum atomic E-state index is 12.1. The third-order valence-corrected chi connectivity index (χ3v) is 19.7. The highest BCUT2D eigenvalue weighted by Gasteiger charge is 2.71. The van der Waals surface area contributed by atoms with Crippen molar-refractivity contribution in [2.75, 3.05) is 26.9 Å². The molecule has 0 radical (unpaired) electrons. The van der Waals surface area contributed by atoms with E-state index in [1.54, 1.807) is 7.11 Å². The summed E-state index contributed by atoms with van der Waals surface area (Å²) < 4.78 is 61.7. The Morgan fingerprint density at radius 2 is 1.23 bits per heavy atom. The van der Waals surface area contributed by atoms with Crippen molar-refractivity contribution in [3.63, 3.8) is 0 Å². The van der Waals surface area contributed by atoms with Gasteiger partial charge in [-0.1, -0.05) is 39.3 Å². The smallest absolute Gasteiger partial charge is 0.187 e. The lowest BCUT2D eigenvalue weighted by atomic mass is 9.47. The van der Waals surface area contributed by atoms with Crippen LogP contribution in [-0.2, 0) is 47.4 Å². The molecule has 9 rings (SSSR count). The molecule has 22 heteroatoms. The van der Waals surface area contributed by atoms with Crippen LogP contribution < -0.4 is 0 Å². The number of fused-ring (bicyclic) bond motifs is 7. The molecule has 8 fully saturated rings. The summed E-state index contributed by atoms with van der Waals surface area (Å²) in [6.45, 7) is 11.1. The Bertz CT molecular complexity index is 1920. The van der Waals surface area contributed by atoms with E-state index in [0.29, 0.717) is 30.6 Å². The zero-order valence-corrected chi connectivity index (χ0v) is 43.7. The molecule has 5 aliphatic heterocycles. The molecule has 0 amide bonds. The Kier molecular flexibility index (Phi) is 17.4. The lowest BCUT2D eigenvalue weighted by molar-refractivity contribution is -0.388. The second kappa shape index (κ2) is 22.4. The van der Waals surface area contributed by atoms with Gasteiger partial charge in [0.2, 0.25) is 0 Å². The number of methoxy groups -OCH3 is 1. The highest BCUT2D eigenvalue weighted by atomic mass is 16.8. The number of hydrogen-bond acceptors (Lipinski definition) is 22. The molecule has 5 heterocycles. The first kappa shape index (κ1) is 57.5. The molecule has 3 saturated carbocycles. The van der Waals surface area contributed by atoms with Gasteiger partial charge in [-0.25, -0.2) is 0 Å². The van der Waals surface area contributed by atoms with Crippen LogP contribution >= 0.6 is 0 Å². The van der Waals surface area contributed by atoms with Crippen LogP contribution in [0, 0.1) is 46.3 Å². The number of hydrogen-bond donors (Lipinski definition) is 12. The summed E-state index contributed by atoms with van der Waals surface area (Å²) >= 11 is 0. The predicted octanol–water partition coefficient (Wildman–Crippen LogP) is -1.33. The third-order valence-electron chi connectivity index (χ3n) is 19.7. The lowest BCUT2D eigenvalue weighted by Crippen LogP contribution is -2.66. The van der Waals surface area contributed by atoms with Gasteiger partial charge in [-0.2, -0.15) is 0 Å². The van der Waals surface area contributed by atoms with Crippen LogP contribution in [0.4, 0.5) is 0 Å². The quantitative estimate of drug-likeness (QED) is 0.0846. The molecular formula is C52H86O22. The molecule has 22 nitrogen and oxygen atoms in total. The molecular weight excluding hydrogens is 977 g/mol. The van der Waals surface area contributed by atoms with E-state index in [1.807, 2.05) is 6.92 Å².